The molecule has 0 spiro atoms. The largest absolute Gasteiger partial charge is 0.494 e. The van der Waals surface area contributed by atoms with E-state index < -0.39 is 11.6 Å². The number of rotatable bonds is 6. The zero-order chi connectivity index (χ0) is 23.2. The number of hydrogen-bond donors (Lipinski definition) is 1. The molecule has 172 valence electrons. The van der Waals surface area contributed by atoms with Crippen LogP contribution in [0.15, 0.2) is 24.3 Å². The summed E-state index contributed by atoms with van der Waals surface area (Å²) < 4.78 is 10.8. The van der Waals surface area contributed by atoms with Crippen LogP contribution in [0.2, 0.25) is 0 Å². The number of amides is 3. The summed E-state index contributed by atoms with van der Waals surface area (Å²) in [6, 6.07) is 6.19. The highest BCUT2D eigenvalue weighted by Crippen LogP contribution is 2.16. The molecule has 3 amide bonds. The highest BCUT2D eigenvalue weighted by molar-refractivity contribution is 5.97. The first-order chi connectivity index (χ1) is 14.5. The van der Waals surface area contributed by atoms with Crippen molar-refractivity contribution in [1.82, 2.24) is 15.1 Å². The van der Waals surface area contributed by atoms with Gasteiger partial charge in [-0.1, -0.05) is 13.8 Å². The van der Waals surface area contributed by atoms with Crippen LogP contribution in [0.3, 0.4) is 0 Å². The first-order valence-corrected chi connectivity index (χ1v) is 10.8. The first kappa shape index (κ1) is 24.5. The second-order valence-electron chi connectivity index (χ2n) is 8.95. The fourth-order valence-electron chi connectivity index (χ4n) is 3.24. The summed E-state index contributed by atoms with van der Waals surface area (Å²) in [5, 5.41) is 2.87. The molecule has 1 aromatic rings. The van der Waals surface area contributed by atoms with Crippen LogP contribution in [0.25, 0.3) is 0 Å². The lowest BCUT2D eigenvalue weighted by molar-refractivity contribution is -0.136. The zero-order valence-corrected chi connectivity index (χ0v) is 19.4. The van der Waals surface area contributed by atoms with Crippen molar-refractivity contribution < 1.29 is 23.9 Å². The molecule has 1 atom stereocenters. The van der Waals surface area contributed by atoms with Gasteiger partial charge in [-0.25, -0.2) is 4.79 Å². The fourth-order valence-corrected chi connectivity index (χ4v) is 3.24. The quantitative estimate of drug-likeness (QED) is 0.745. The van der Waals surface area contributed by atoms with Crippen molar-refractivity contribution in [3.05, 3.63) is 29.8 Å². The summed E-state index contributed by atoms with van der Waals surface area (Å²) >= 11 is 0. The van der Waals surface area contributed by atoms with E-state index in [-0.39, 0.29) is 23.8 Å². The molecule has 31 heavy (non-hydrogen) atoms. The predicted octanol–water partition coefficient (Wildman–Crippen LogP) is 2.92. The Kier molecular flexibility index (Phi) is 8.30. The van der Waals surface area contributed by atoms with Crippen molar-refractivity contribution in [3.8, 4) is 5.75 Å². The number of benzene rings is 1. The summed E-state index contributed by atoms with van der Waals surface area (Å²) in [7, 11) is 0. The molecule has 8 nitrogen and oxygen atoms in total. The number of hydrogen-bond acceptors (Lipinski definition) is 5. The highest BCUT2D eigenvalue weighted by atomic mass is 16.6. The number of nitrogens with zero attached hydrogens (tertiary/aromatic N) is 2. The van der Waals surface area contributed by atoms with Crippen molar-refractivity contribution >= 4 is 17.9 Å². The Labute approximate surface area is 184 Å². The summed E-state index contributed by atoms with van der Waals surface area (Å²) in [4.78, 5) is 41.3. The molecule has 2 rings (SSSR count). The Balaban J connectivity index is 1.96. The van der Waals surface area contributed by atoms with Gasteiger partial charge in [0.1, 0.15) is 17.4 Å². The summed E-state index contributed by atoms with van der Waals surface area (Å²) in [6.45, 7) is 13.3. The molecule has 1 fully saturated rings. The smallest absolute Gasteiger partial charge is 0.410 e. The topological polar surface area (TPSA) is 88.2 Å². The summed E-state index contributed by atoms with van der Waals surface area (Å²) in [5.41, 5.74) is -0.0885. The molecule has 0 bridgehead atoms. The molecule has 1 unspecified atom stereocenters. The Morgan fingerprint density at radius 2 is 1.55 bits per heavy atom. The predicted molar refractivity (Wildman–Crippen MR) is 118 cm³/mol. The third-order valence-electron chi connectivity index (χ3n) is 4.89. The van der Waals surface area contributed by atoms with Crippen molar-refractivity contribution in [2.45, 2.75) is 53.2 Å². The van der Waals surface area contributed by atoms with E-state index in [2.05, 4.69) is 5.32 Å². The molecule has 1 N–H and O–H groups in total. The van der Waals surface area contributed by atoms with Gasteiger partial charge in [-0.05, 0) is 57.9 Å². The van der Waals surface area contributed by atoms with Crippen molar-refractivity contribution in [3.63, 3.8) is 0 Å². The Bertz CT molecular complexity index is 762. The number of ether oxygens (including phenoxy) is 2. The molecule has 8 heteroatoms. The van der Waals surface area contributed by atoms with Crippen LogP contribution in [-0.2, 0) is 9.53 Å². The van der Waals surface area contributed by atoms with Crippen LogP contribution in [-0.4, -0.2) is 72.1 Å². The third kappa shape index (κ3) is 7.15. The normalized spacial score (nSPS) is 15.5. The number of piperazine rings is 1. The van der Waals surface area contributed by atoms with Crippen LogP contribution < -0.4 is 10.1 Å². The lowest BCUT2D eigenvalue weighted by Gasteiger charge is -2.37. The number of carbonyl (C=O) groups excluding carboxylic acids is 3. The average molecular weight is 434 g/mol. The number of nitrogens with one attached hydrogen (secondary N) is 1. The molecule has 1 aliphatic heterocycles. The SMILES string of the molecule is CCOc1ccc(C(=O)NC(C(=O)N2CCN(C(=O)OC(C)(C)C)CC2)C(C)C)cc1. The van der Waals surface area contributed by atoms with Crippen molar-refractivity contribution in [1.29, 1.82) is 0 Å². The van der Waals surface area contributed by atoms with Crippen LogP contribution in [0.1, 0.15) is 51.9 Å². The fraction of sp³-hybridized carbons (Fsp3) is 0.609. The molecular weight excluding hydrogens is 398 g/mol. The van der Waals surface area contributed by atoms with Gasteiger partial charge in [-0.2, -0.15) is 0 Å². The van der Waals surface area contributed by atoms with Crippen LogP contribution in [0.5, 0.6) is 5.75 Å². The van der Waals surface area contributed by atoms with Gasteiger partial charge in [0, 0.05) is 31.7 Å². The Morgan fingerprint density at radius 3 is 2.03 bits per heavy atom. The van der Waals surface area contributed by atoms with E-state index in [1.54, 1.807) is 34.1 Å². The minimum Gasteiger partial charge on any atom is -0.494 e. The average Bonchev–Trinajstić information content (AvgIpc) is 2.71. The molecule has 0 aromatic heterocycles. The van der Waals surface area contributed by atoms with Crippen LogP contribution >= 0.6 is 0 Å². The maximum Gasteiger partial charge on any atom is 0.410 e. The van der Waals surface area contributed by atoms with Crippen molar-refractivity contribution in [2.24, 2.45) is 5.92 Å². The summed E-state index contributed by atoms with van der Waals surface area (Å²) in [6.07, 6.45) is -0.371. The van der Waals surface area contributed by atoms with E-state index in [0.29, 0.717) is 44.1 Å². The van der Waals surface area contributed by atoms with Gasteiger partial charge in [0.2, 0.25) is 5.91 Å². The Morgan fingerprint density at radius 1 is 1.00 bits per heavy atom. The standard InChI is InChI=1S/C23H35N3O5/c1-7-30-18-10-8-17(9-11-18)20(27)24-19(16(2)3)21(28)25-12-14-26(15-13-25)22(29)31-23(4,5)6/h8-11,16,19H,7,12-15H2,1-6H3,(H,24,27). The van der Waals surface area contributed by atoms with Gasteiger partial charge in [0.25, 0.3) is 5.91 Å². The van der Waals surface area contributed by atoms with E-state index >= 15 is 0 Å². The molecule has 1 aliphatic rings. The van der Waals surface area contributed by atoms with E-state index in [1.165, 1.54) is 0 Å². The van der Waals surface area contributed by atoms with Crippen molar-refractivity contribution in [2.75, 3.05) is 32.8 Å². The number of carbonyl (C=O) groups is 3. The van der Waals surface area contributed by atoms with Gasteiger partial charge < -0.3 is 24.6 Å². The van der Waals surface area contributed by atoms with Gasteiger partial charge >= 0.3 is 6.09 Å². The molecular formula is C23H35N3O5. The van der Waals surface area contributed by atoms with Gasteiger partial charge in [0.05, 0.1) is 6.61 Å². The van der Waals surface area contributed by atoms with E-state index in [1.807, 2.05) is 41.5 Å². The first-order valence-electron chi connectivity index (χ1n) is 10.8. The zero-order valence-electron chi connectivity index (χ0n) is 19.4. The second kappa shape index (κ2) is 10.5. The second-order valence-corrected chi connectivity index (χ2v) is 8.95. The lowest BCUT2D eigenvalue weighted by Crippen LogP contribution is -2.57. The molecule has 0 aliphatic carbocycles. The Hall–Kier alpha value is -2.77. The van der Waals surface area contributed by atoms with Gasteiger partial charge in [-0.3, -0.25) is 9.59 Å². The lowest BCUT2D eigenvalue weighted by atomic mass is 10.0. The summed E-state index contributed by atoms with van der Waals surface area (Å²) in [5.74, 6) is 0.169. The molecule has 0 saturated carbocycles. The van der Waals surface area contributed by atoms with Crippen LogP contribution in [0.4, 0.5) is 4.79 Å². The molecule has 1 saturated heterocycles. The molecule has 1 aromatic carbocycles. The van der Waals surface area contributed by atoms with Gasteiger partial charge in [-0.15, -0.1) is 0 Å². The maximum atomic E-state index is 13.1. The molecule has 0 radical (unpaired) electrons. The van der Waals surface area contributed by atoms with E-state index in [0.717, 1.165) is 0 Å². The van der Waals surface area contributed by atoms with Gasteiger partial charge in [0.15, 0.2) is 0 Å². The maximum absolute atomic E-state index is 13.1. The third-order valence-corrected chi connectivity index (χ3v) is 4.89. The van der Waals surface area contributed by atoms with E-state index in [4.69, 9.17) is 9.47 Å². The minimum atomic E-state index is -0.646. The molecule has 1 heterocycles. The monoisotopic (exact) mass is 433 g/mol. The minimum absolute atomic E-state index is 0.0805. The van der Waals surface area contributed by atoms with Crippen LogP contribution in [0, 0.1) is 5.92 Å². The van der Waals surface area contributed by atoms with E-state index in [9.17, 15) is 14.4 Å². The highest BCUT2D eigenvalue weighted by Gasteiger charge is 2.33.